The number of carbonyl (C=O) groups excluding carboxylic acids is 1. The van der Waals surface area contributed by atoms with Crippen LogP contribution in [0.2, 0.25) is 5.02 Å². The van der Waals surface area contributed by atoms with Gasteiger partial charge >= 0.3 is 0 Å². The predicted molar refractivity (Wildman–Crippen MR) is 132 cm³/mol. The number of halogens is 2. The van der Waals surface area contributed by atoms with Crippen molar-refractivity contribution in [1.82, 2.24) is 20.0 Å². The van der Waals surface area contributed by atoms with E-state index in [-0.39, 0.29) is 34.4 Å². The van der Waals surface area contributed by atoms with Crippen LogP contribution in [0.15, 0.2) is 47.1 Å². The minimum absolute atomic E-state index is 0.00696. The molecule has 1 fully saturated rings. The Kier molecular flexibility index (Phi) is 6.60. The number of hydrogen-bond acceptors (Lipinski definition) is 8. The van der Waals surface area contributed by atoms with E-state index in [0.29, 0.717) is 48.6 Å². The van der Waals surface area contributed by atoms with E-state index in [0.717, 1.165) is 5.39 Å². The van der Waals surface area contributed by atoms with Crippen molar-refractivity contribution in [2.24, 2.45) is 0 Å². The van der Waals surface area contributed by atoms with Crippen LogP contribution in [0.4, 0.5) is 16.0 Å². The van der Waals surface area contributed by atoms with Crippen LogP contribution in [0.5, 0.6) is 11.5 Å². The smallest absolute Gasteiger partial charge is 0.292 e. The van der Waals surface area contributed by atoms with Gasteiger partial charge in [0.15, 0.2) is 17.3 Å². The molecule has 11 heteroatoms. The van der Waals surface area contributed by atoms with E-state index in [4.69, 9.17) is 25.6 Å². The first-order valence-corrected chi connectivity index (χ1v) is 11.7. The molecule has 36 heavy (non-hydrogen) atoms. The summed E-state index contributed by atoms with van der Waals surface area (Å²) in [7, 11) is 1.55. The molecular weight excluding hydrogens is 489 g/mol. The van der Waals surface area contributed by atoms with Crippen molar-refractivity contribution in [3.63, 3.8) is 0 Å². The molecule has 0 spiro atoms. The first kappa shape index (κ1) is 23.8. The molecule has 3 heterocycles. The maximum Gasteiger partial charge on any atom is 0.292 e. The molecule has 0 atom stereocenters. The Bertz CT molecular complexity index is 1420. The first-order valence-electron chi connectivity index (χ1n) is 11.4. The zero-order valence-electron chi connectivity index (χ0n) is 19.6. The highest BCUT2D eigenvalue weighted by Crippen LogP contribution is 2.34. The zero-order valence-corrected chi connectivity index (χ0v) is 20.4. The molecule has 0 unspecified atom stereocenters. The molecule has 0 aliphatic carbocycles. The van der Waals surface area contributed by atoms with Crippen LogP contribution >= 0.6 is 11.6 Å². The lowest BCUT2D eigenvalue weighted by Crippen LogP contribution is -2.41. The Hall–Kier alpha value is -3.92. The normalized spacial score (nSPS) is 14.2. The number of piperidine rings is 1. The number of hydrogen-bond donors (Lipinski definition) is 1. The standard InChI is InChI=1S/C25H23ClFN5O4/c1-14-10-22(36-31-14)24(33)32-8-6-16(7-9-32)35-21-11-15-13-28-25(30-19(15)12-20(21)34-2)29-18-5-3-4-17(26)23(18)27/h3-5,10-13,16H,6-9H2,1-2H3,(H,28,29,30). The molecule has 0 saturated carbocycles. The Morgan fingerprint density at radius 3 is 2.75 bits per heavy atom. The summed E-state index contributed by atoms with van der Waals surface area (Å²) < 4.78 is 31.1. The molecule has 1 amide bonds. The molecule has 1 aliphatic rings. The number of benzene rings is 2. The molecule has 0 bridgehead atoms. The summed E-state index contributed by atoms with van der Waals surface area (Å²) in [5, 5.41) is 7.38. The summed E-state index contributed by atoms with van der Waals surface area (Å²) >= 11 is 5.85. The van der Waals surface area contributed by atoms with Gasteiger partial charge in [-0.3, -0.25) is 4.79 Å². The van der Waals surface area contributed by atoms with Crippen molar-refractivity contribution in [2.45, 2.75) is 25.9 Å². The lowest BCUT2D eigenvalue weighted by Gasteiger charge is -2.31. The number of anilines is 2. The quantitative estimate of drug-likeness (QED) is 0.379. The number of nitrogens with one attached hydrogen (secondary N) is 1. The number of methoxy groups -OCH3 is 1. The fourth-order valence-corrected chi connectivity index (χ4v) is 4.22. The van der Waals surface area contributed by atoms with Gasteiger partial charge in [-0.15, -0.1) is 0 Å². The van der Waals surface area contributed by atoms with E-state index < -0.39 is 5.82 Å². The summed E-state index contributed by atoms with van der Waals surface area (Å²) in [5.74, 6) is 0.792. The monoisotopic (exact) mass is 511 g/mol. The largest absolute Gasteiger partial charge is 0.493 e. The summed E-state index contributed by atoms with van der Waals surface area (Å²) in [6, 6.07) is 9.85. The highest BCUT2D eigenvalue weighted by molar-refractivity contribution is 6.31. The highest BCUT2D eigenvalue weighted by atomic mass is 35.5. The average Bonchev–Trinajstić information content (AvgIpc) is 3.32. The molecule has 0 radical (unpaired) electrons. The van der Waals surface area contributed by atoms with Gasteiger partial charge in [0.2, 0.25) is 11.7 Å². The van der Waals surface area contributed by atoms with Gasteiger partial charge < -0.3 is 24.2 Å². The van der Waals surface area contributed by atoms with Crippen molar-refractivity contribution < 1.29 is 23.2 Å². The van der Waals surface area contributed by atoms with Gasteiger partial charge in [-0.25, -0.2) is 14.4 Å². The van der Waals surface area contributed by atoms with Crippen LogP contribution in [0.3, 0.4) is 0 Å². The molecule has 1 saturated heterocycles. The summed E-state index contributed by atoms with van der Waals surface area (Å²) in [4.78, 5) is 23.1. The Balaban J connectivity index is 1.28. The SMILES string of the molecule is COc1cc2nc(Nc3cccc(Cl)c3F)ncc2cc1OC1CCN(C(=O)c2cc(C)no2)CC1. The van der Waals surface area contributed by atoms with Crippen molar-refractivity contribution in [1.29, 1.82) is 0 Å². The predicted octanol–water partition coefficient (Wildman–Crippen LogP) is 5.15. The van der Waals surface area contributed by atoms with Crippen LogP contribution in [-0.4, -0.2) is 52.2 Å². The third-order valence-electron chi connectivity index (χ3n) is 5.92. The first-order chi connectivity index (χ1) is 17.4. The van der Waals surface area contributed by atoms with E-state index in [2.05, 4.69) is 20.4 Å². The van der Waals surface area contributed by atoms with Gasteiger partial charge in [0, 0.05) is 49.6 Å². The molecule has 2 aromatic heterocycles. The second-order valence-corrected chi connectivity index (χ2v) is 8.83. The van der Waals surface area contributed by atoms with Crippen LogP contribution in [0.1, 0.15) is 29.1 Å². The second-order valence-electron chi connectivity index (χ2n) is 8.42. The third-order valence-corrected chi connectivity index (χ3v) is 6.22. The Labute approximate surface area is 211 Å². The fraction of sp³-hybridized carbons (Fsp3) is 0.280. The second kappa shape index (κ2) is 9.98. The molecule has 5 rings (SSSR count). The molecular formula is C25H23ClFN5O4. The van der Waals surface area contributed by atoms with E-state index in [1.165, 1.54) is 6.07 Å². The molecule has 1 aliphatic heterocycles. The van der Waals surface area contributed by atoms with Gasteiger partial charge in [0.05, 0.1) is 29.0 Å². The highest BCUT2D eigenvalue weighted by Gasteiger charge is 2.27. The zero-order chi connectivity index (χ0) is 25.2. The van der Waals surface area contributed by atoms with Gasteiger partial charge in [-0.1, -0.05) is 22.8 Å². The number of carbonyl (C=O) groups is 1. The minimum Gasteiger partial charge on any atom is -0.493 e. The summed E-state index contributed by atoms with van der Waals surface area (Å²) in [6.07, 6.45) is 2.85. The number of amides is 1. The number of aromatic nitrogens is 3. The number of rotatable bonds is 6. The van der Waals surface area contributed by atoms with Gasteiger partial charge in [-0.05, 0) is 25.1 Å². The maximum absolute atomic E-state index is 14.2. The number of fused-ring (bicyclic) bond motifs is 1. The van der Waals surface area contributed by atoms with E-state index in [9.17, 15) is 9.18 Å². The van der Waals surface area contributed by atoms with Crippen molar-refractivity contribution >= 4 is 40.0 Å². The number of ether oxygens (including phenoxy) is 2. The minimum atomic E-state index is -0.576. The van der Waals surface area contributed by atoms with Crippen LogP contribution in [0.25, 0.3) is 10.9 Å². The van der Waals surface area contributed by atoms with Crippen LogP contribution in [0, 0.1) is 12.7 Å². The summed E-state index contributed by atoms with van der Waals surface area (Å²) in [6.45, 7) is 2.85. The molecule has 2 aromatic carbocycles. The number of aryl methyl sites for hydroxylation is 1. The van der Waals surface area contributed by atoms with Gasteiger partial charge in [0.25, 0.3) is 5.91 Å². The van der Waals surface area contributed by atoms with Crippen molar-refractivity contribution in [3.05, 3.63) is 64.9 Å². The van der Waals surface area contributed by atoms with Gasteiger partial charge in [-0.2, -0.15) is 0 Å². The summed E-state index contributed by atoms with van der Waals surface area (Å²) in [5.41, 5.74) is 1.45. The van der Waals surface area contributed by atoms with E-state index in [1.54, 1.807) is 49.4 Å². The number of likely N-dealkylation sites (tertiary alicyclic amines) is 1. The van der Waals surface area contributed by atoms with Crippen molar-refractivity contribution in [3.8, 4) is 11.5 Å². The topological polar surface area (TPSA) is 103 Å². The Morgan fingerprint density at radius 1 is 1.22 bits per heavy atom. The fourth-order valence-electron chi connectivity index (χ4n) is 4.05. The van der Waals surface area contributed by atoms with Crippen molar-refractivity contribution in [2.75, 3.05) is 25.5 Å². The molecule has 9 nitrogen and oxygen atoms in total. The van der Waals surface area contributed by atoms with Gasteiger partial charge in [0.1, 0.15) is 6.10 Å². The Morgan fingerprint density at radius 2 is 2.03 bits per heavy atom. The molecule has 186 valence electrons. The average molecular weight is 512 g/mol. The maximum atomic E-state index is 14.2. The van der Waals surface area contributed by atoms with Crippen LogP contribution < -0.4 is 14.8 Å². The number of nitrogens with zero attached hydrogens (tertiary/aromatic N) is 4. The lowest BCUT2D eigenvalue weighted by atomic mass is 10.1. The molecule has 1 N–H and O–H groups in total. The lowest BCUT2D eigenvalue weighted by molar-refractivity contribution is 0.0554. The van der Waals surface area contributed by atoms with Crippen LogP contribution in [-0.2, 0) is 0 Å². The van der Waals surface area contributed by atoms with E-state index >= 15 is 0 Å². The van der Waals surface area contributed by atoms with E-state index in [1.807, 2.05) is 6.07 Å². The third kappa shape index (κ3) is 4.90. The molecule has 4 aromatic rings.